The molecule has 148 valence electrons. The third kappa shape index (κ3) is 3.55. The molecule has 0 N–H and O–H groups in total. The van der Waals surface area contributed by atoms with Gasteiger partial charge in [0.2, 0.25) is 5.91 Å². The summed E-state index contributed by atoms with van der Waals surface area (Å²) in [7, 11) is 0. The van der Waals surface area contributed by atoms with Gasteiger partial charge in [-0.05, 0) is 56.4 Å². The van der Waals surface area contributed by atoms with Crippen LogP contribution in [0.2, 0.25) is 0 Å². The van der Waals surface area contributed by atoms with Crippen LogP contribution < -0.4 is 4.90 Å². The Hall–Kier alpha value is -2.67. The minimum atomic E-state index is -0.229. The quantitative estimate of drug-likeness (QED) is 0.597. The number of benzene rings is 1. The van der Waals surface area contributed by atoms with Crippen molar-refractivity contribution in [2.24, 2.45) is 0 Å². The molecule has 0 radical (unpaired) electrons. The van der Waals surface area contributed by atoms with Crippen molar-refractivity contribution in [1.29, 1.82) is 0 Å². The molecular weight excluding hydrogens is 382 g/mol. The second-order valence-corrected chi connectivity index (χ2v) is 8.93. The minimum Gasteiger partial charge on any atom is -0.311 e. The van der Waals surface area contributed by atoms with Gasteiger partial charge < -0.3 is 4.90 Å². The van der Waals surface area contributed by atoms with Crippen molar-refractivity contribution < 1.29 is 4.79 Å². The van der Waals surface area contributed by atoms with Crippen molar-refractivity contribution in [2.75, 3.05) is 11.4 Å². The Kier molecular flexibility index (Phi) is 4.83. The summed E-state index contributed by atoms with van der Waals surface area (Å²) in [6, 6.07) is 12.6. The molecule has 29 heavy (non-hydrogen) atoms. The predicted octanol–water partition coefficient (Wildman–Crippen LogP) is 4.14. The normalized spacial score (nSPS) is 17.1. The van der Waals surface area contributed by atoms with E-state index in [1.807, 2.05) is 36.1 Å². The first-order chi connectivity index (χ1) is 14.2. The van der Waals surface area contributed by atoms with E-state index in [4.69, 9.17) is 0 Å². The average molecular weight is 406 g/mol. The second-order valence-electron chi connectivity index (χ2n) is 7.63. The number of rotatable bonds is 5. The van der Waals surface area contributed by atoms with E-state index in [2.05, 4.69) is 31.9 Å². The van der Waals surface area contributed by atoms with Crippen molar-refractivity contribution in [1.82, 2.24) is 19.7 Å². The molecule has 1 fully saturated rings. The Morgan fingerprint density at radius 3 is 2.72 bits per heavy atom. The maximum Gasteiger partial charge on any atom is 0.240 e. The van der Waals surface area contributed by atoms with Crippen LogP contribution in [0.25, 0.3) is 11.4 Å². The maximum absolute atomic E-state index is 13.3. The molecule has 0 bridgehead atoms. The summed E-state index contributed by atoms with van der Waals surface area (Å²) in [4.78, 5) is 19.3. The first-order valence-corrected chi connectivity index (χ1v) is 11.0. The van der Waals surface area contributed by atoms with Gasteiger partial charge in [0, 0.05) is 36.2 Å². The molecule has 6 nitrogen and oxygen atoms in total. The summed E-state index contributed by atoms with van der Waals surface area (Å²) >= 11 is 1.51. The van der Waals surface area contributed by atoms with E-state index in [0.717, 1.165) is 54.5 Å². The number of para-hydroxylation sites is 1. The molecule has 1 aromatic carbocycles. The molecule has 1 aliphatic heterocycles. The Morgan fingerprint density at radius 2 is 1.93 bits per heavy atom. The first-order valence-electron chi connectivity index (χ1n) is 10.1. The lowest BCUT2D eigenvalue weighted by atomic mass is 10.0. The number of pyridine rings is 1. The molecule has 1 amide bonds. The molecule has 2 aliphatic rings. The predicted molar refractivity (Wildman–Crippen MR) is 114 cm³/mol. The van der Waals surface area contributed by atoms with E-state index in [1.54, 1.807) is 12.4 Å². The molecule has 0 spiro atoms. The maximum atomic E-state index is 13.3. The third-order valence-corrected chi connectivity index (χ3v) is 6.57. The summed E-state index contributed by atoms with van der Waals surface area (Å²) in [6.45, 7) is 2.75. The standard InChI is InChI=1S/C22H23N5OS/c1-15(21(28)26-14-4-6-16-5-2-3-7-19(16)26)29-22-25-24-20(27(22)18-8-9-18)17-10-12-23-13-11-17/h2-3,5,7,10-13,15,18H,4,6,8-9,14H2,1H3. The van der Waals surface area contributed by atoms with Crippen LogP contribution in [0.15, 0.2) is 53.9 Å². The molecular formula is C22H23N5OS. The molecule has 1 atom stereocenters. The summed E-state index contributed by atoms with van der Waals surface area (Å²) < 4.78 is 2.20. The molecule has 2 aromatic heterocycles. The lowest BCUT2D eigenvalue weighted by Crippen LogP contribution is -2.40. The number of hydrogen-bond donors (Lipinski definition) is 0. The van der Waals surface area contributed by atoms with Crippen LogP contribution in [0.5, 0.6) is 0 Å². The van der Waals surface area contributed by atoms with E-state index in [0.29, 0.717) is 6.04 Å². The van der Waals surface area contributed by atoms with E-state index in [-0.39, 0.29) is 11.2 Å². The van der Waals surface area contributed by atoms with Gasteiger partial charge in [0.1, 0.15) is 0 Å². The number of thioether (sulfide) groups is 1. The van der Waals surface area contributed by atoms with Gasteiger partial charge in [-0.15, -0.1) is 10.2 Å². The van der Waals surface area contributed by atoms with Gasteiger partial charge in [-0.2, -0.15) is 0 Å². The monoisotopic (exact) mass is 405 g/mol. The topological polar surface area (TPSA) is 63.9 Å². The van der Waals surface area contributed by atoms with E-state index in [1.165, 1.54) is 17.3 Å². The lowest BCUT2D eigenvalue weighted by Gasteiger charge is -2.31. The van der Waals surface area contributed by atoms with Crippen LogP contribution in [0.1, 0.15) is 37.8 Å². The van der Waals surface area contributed by atoms with Gasteiger partial charge >= 0.3 is 0 Å². The van der Waals surface area contributed by atoms with Crippen LogP contribution in [0.3, 0.4) is 0 Å². The number of anilines is 1. The van der Waals surface area contributed by atoms with Gasteiger partial charge in [0.15, 0.2) is 11.0 Å². The highest BCUT2D eigenvalue weighted by Crippen LogP contribution is 2.42. The average Bonchev–Trinajstić information content (AvgIpc) is 3.53. The Morgan fingerprint density at radius 1 is 1.14 bits per heavy atom. The van der Waals surface area contributed by atoms with Crippen LogP contribution in [0.4, 0.5) is 5.69 Å². The number of amides is 1. The highest BCUT2D eigenvalue weighted by Gasteiger charge is 2.33. The molecule has 1 saturated carbocycles. The smallest absolute Gasteiger partial charge is 0.240 e. The molecule has 7 heteroatoms. The number of carbonyl (C=O) groups is 1. The summed E-state index contributed by atoms with van der Waals surface area (Å²) in [5, 5.41) is 9.49. The number of carbonyl (C=O) groups excluding carboxylic acids is 1. The fourth-order valence-corrected chi connectivity index (χ4v) is 4.89. The van der Waals surface area contributed by atoms with Crippen molar-refractivity contribution in [3.63, 3.8) is 0 Å². The zero-order valence-corrected chi connectivity index (χ0v) is 17.2. The second kappa shape index (κ2) is 7.63. The van der Waals surface area contributed by atoms with Gasteiger partial charge in [-0.1, -0.05) is 30.0 Å². The van der Waals surface area contributed by atoms with Crippen molar-refractivity contribution in [3.8, 4) is 11.4 Å². The number of fused-ring (bicyclic) bond motifs is 1. The van der Waals surface area contributed by atoms with Crippen LogP contribution in [-0.4, -0.2) is 37.5 Å². The molecule has 5 rings (SSSR count). The number of aryl methyl sites for hydroxylation is 1. The fourth-order valence-electron chi connectivity index (χ4n) is 3.91. The Labute approximate surface area is 174 Å². The third-order valence-electron chi connectivity index (χ3n) is 5.52. The number of nitrogens with zero attached hydrogens (tertiary/aromatic N) is 5. The van der Waals surface area contributed by atoms with Gasteiger partial charge in [0.05, 0.1) is 5.25 Å². The van der Waals surface area contributed by atoms with E-state index < -0.39 is 0 Å². The minimum absolute atomic E-state index is 0.137. The zero-order chi connectivity index (χ0) is 19.8. The highest BCUT2D eigenvalue weighted by atomic mass is 32.2. The van der Waals surface area contributed by atoms with Crippen LogP contribution >= 0.6 is 11.8 Å². The zero-order valence-electron chi connectivity index (χ0n) is 16.4. The summed E-state index contributed by atoms with van der Waals surface area (Å²) in [5.74, 6) is 0.998. The van der Waals surface area contributed by atoms with Gasteiger partial charge in [-0.25, -0.2) is 0 Å². The summed E-state index contributed by atoms with van der Waals surface area (Å²) in [6.07, 6.45) is 7.84. The van der Waals surface area contributed by atoms with Crippen molar-refractivity contribution in [2.45, 2.75) is 49.1 Å². The number of hydrogen-bond acceptors (Lipinski definition) is 5. The number of aromatic nitrogens is 4. The van der Waals surface area contributed by atoms with Crippen LogP contribution in [-0.2, 0) is 11.2 Å². The molecule has 0 saturated heterocycles. The highest BCUT2D eigenvalue weighted by molar-refractivity contribution is 8.00. The Bertz CT molecular complexity index is 1030. The van der Waals surface area contributed by atoms with Crippen molar-refractivity contribution >= 4 is 23.4 Å². The summed E-state index contributed by atoms with van der Waals surface area (Å²) in [5.41, 5.74) is 3.32. The molecule has 1 aliphatic carbocycles. The van der Waals surface area contributed by atoms with E-state index >= 15 is 0 Å². The Balaban J connectivity index is 1.40. The van der Waals surface area contributed by atoms with Crippen LogP contribution in [0, 0.1) is 0 Å². The molecule has 3 aromatic rings. The molecule has 3 heterocycles. The van der Waals surface area contributed by atoms with Gasteiger partial charge in [-0.3, -0.25) is 14.3 Å². The SMILES string of the molecule is CC(Sc1nnc(-c2ccncc2)n1C1CC1)C(=O)N1CCCc2ccccc21. The van der Waals surface area contributed by atoms with Gasteiger partial charge in [0.25, 0.3) is 0 Å². The largest absolute Gasteiger partial charge is 0.311 e. The first kappa shape index (κ1) is 18.4. The lowest BCUT2D eigenvalue weighted by molar-refractivity contribution is -0.117. The molecule has 1 unspecified atom stereocenters. The van der Waals surface area contributed by atoms with E-state index in [9.17, 15) is 4.79 Å². The fraction of sp³-hybridized carbons (Fsp3) is 0.364. The van der Waals surface area contributed by atoms with Crippen molar-refractivity contribution in [3.05, 3.63) is 54.4 Å².